The number of allylic oxidation sites excluding steroid dienone is 4. The fraction of sp³-hybridized carbons (Fsp3) is 0.765. The molecular weight excluding hydrogens is 392 g/mol. The highest BCUT2D eigenvalue weighted by atomic mass is 32.9. The number of rotatable bonds is 9. The van der Waals surface area contributed by atoms with Crippen LogP contribution in [0.5, 0.6) is 0 Å². The molecule has 0 aromatic carbocycles. The van der Waals surface area contributed by atoms with Gasteiger partial charge < -0.3 is 13.3 Å². The maximum atomic E-state index is 9.11. The first-order valence-electron chi connectivity index (χ1n) is 9.01. The van der Waals surface area contributed by atoms with E-state index in [2.05, 4.69) is 50.2 Å². The summed E-state index contributed by atoms with van der Waals surface area (Å²) in [6.45, 7) is 14.7. The average Bonchev–Trinajstić information content (AvgIpc) is 2.49. The van der Waals surface area contributed by atoms with Crippen molar-refractivity contribution in [3.63, 3.8) is 0 Å². The Morgan fingerprint density at radius 2 is 1.58 bits per heavy atom. The SMILES string of the molecule is CCCC1(C)C=CC=C([Si](OCC)(OCC)OCC)C1C.O=S(O)(O)=S. The van der Waals surface area contributed by atoms with Crippen LogP contribution in [0.2, 0.25) is 0 Å². The summed E-state index contributed by atoms with van der Waals surface area (Å²) in [6.07, 6.45) is 8.98. The average molecular weight is 427 g/mol. The Morgan fingerprint density at radius 3 is 1.92 bits per heavy atom. The molecule has 1 rings (SSSR count). The van der Waals surface area contributed by atoms with Crippen LogP contribution >= 0.6 is 0 Å². The van der Waals surface area contributed by atoms with Crippen LogP contribution in [0.15, 0.2) is 23.4 Å². The molecule has 0 saturated carbocycles. The lowest BCUT2D eigenvalue weighted by Gasteiger charge is -2.42. The molecule has 0 bridgehead atoms. The first-order chi connectivity index (χ1) is 12.0. The summed E-state index contributed by atoms with van der Waals surface area (Å²) in [5.74, 6) is 0.374. The van der Waals surface area contributed by atoms with E-state index < -0.39 is 17.9 Å². The van der Waals surface area contributed by atoms with Gasteiger partial charge in [0.1, 0.15) is 0 Å². The monoisotopic (exact) mass is 426 g/mol. The van der Waals surface area contributed by atoms with Crippen molar-refractivity contribution in [2.75, 3.05) is 19.8 Å². The number of hydrogen-bond donors (Lipinski definition) is 2. The molecular formula is C17H34O6S2Si. The maximum absolute atomic E-state index is 9.11. The molecule has 0 aliphatic heterocycles. The molecule has 0 amide bonds. The second-order valence-electron chi connectivity index (χ2n) is 6.26. The van der Waals surface area contributed by atoms with Crippen LogP contribution in [0, 0.1) is 11.3 Å². The highest BCUT2D eigenvalue weighted by Crippen LogP contribution is 2.44. The van der Waals surface area contributed by atoms with Gasteiger partial charge in [0, 0.05) is 36.2 Å². The largest absolute Gasteiger partial charge is 0.533 e. The lowest BCUT2D eigenvalue weighted by atomic mass is 9.72. The lowest BCUT2D eigenvalue weighted by molar-refractivity contribution is 0.0741. The Hall–Kier alpha value is -0.133. The van der Waals surface area contributed by atoms with Crippen LogP contribution < -0.4 is 0 Å². The summed E-state index contributed by atoms with van der Waals surface area (Å²) in [7, 11) is -6.60. The summed E-state index contributed by atoms with van der Waals surface area (Å²) >= 11 is 3.47. The molecule has 1 aliphatic carbocycles. The molecule has 9 heteroatoms. The van der Waals surface area contributed by atoms with E-state index in [1.807, 2.05) is 20.8 Å². The highest BCUT2D eigenvalue weighted by molar-refractivity contribution is 8.26. The predicted octanol–water partition coefficient (Wildman–Crippen LogP) is 4.19. The van der Waals surface area contributed by atoms with Gasteiger partial charge in [0.15, 0.2) is 0 Å². The Morgan fingerprint density at radius 1 is 1.15 bits per heavy atom. The van der Waals surface area contributed by atoms with Crippen LogP contribution in [0.4, 0.5) is 0 Å². The van der Waals surface area contributed by atoms with Crippen LogP contribution in [0.3, 0.4) is 0 Å². The second kappa shape index (κ2) is 11.7. The third-order valence-electron chi connectivity index (χ3n) is 4.35. The van der Waals surface area contributed by atoms with Gasteiger partial charge in [0.25, 0.3) is 9.05 Å². The fourth-order valence-electron chi connectivity index (χ4n) is 3.17. The van der Waals surface area contributed by atoms with E-state index in [4.69, 9.17) is 26.6 Å². The molecule has 6 nitrogen and oxygen atoms in total. The van der Waals surface area contributed by atoms with Gasteiger partial charge in [-0.15, -0.1) is 0 Å². The highest BCUT2D eigenvalue weighted by Gasteiger charge is 2.50. The van der Waals surface area contributed by atoms with E-state index in [0.29, 0.717) is 25.7 Å². The van der Waals surface area contributed by atoms with Crippen molar-refractivity contribution in [1.82, 2.24) is 0 Å². The molecule has 0 saturated heterocycles. The van der Waals surface area contributed by atoms with Gasteiger partial charge >= 0.3 is 8.80 Å². The molecule has 2 atom stereocenters. The molecule has 154 valence electrons. The molecule has 26 heavy (non-hydrogen) atoms. The Bertz CT molecular complexity index is 551. The van der Waals surface area contributed by atoms with Crippen LogP contribution in [-0.4, -0.2) is 41.9 Å². The molecule has 0 fully saturated rings. The zero-order valence-electron chi connectivity index (χ0n) is 16.7. The second-order valence-corrected chi connectivity index (χ2v) is 11.0. The summed E-state index contributed by atoms with van der Waals surface area (Å²) in [6, 6.07) is 0. The van der Waals surface area contributed by atoms with Gasteiger partial charge in [-0.25, -0.2) is 0 Å². The third-order valence-corrected chi connectivity index (χ3v) is 7.67. The smallest absolute Gasteiger partial charge is 0.370 e. The molecule has 2 unspecified atom stereocenters. The minimum absolute atomic E-state index is 0.155. The summed E-state index contributed by atoms with van der Waals surface area (Å²) in [4.78, 5) is 0. The van der Waals surface area contributed by atoms with Crippen LogP contribution in [-0.2, 0) is 33.5 Å². The fourth-order valence-corrected chi connectivity index (χ4v) is 6.22. The molecule has 0 aromatic heterocycles. The third kappa shape index (κ3) is 8.26. The topological polar surface area (TPSA) is 85.2 Å². The first kappa shape index (κ1) is 25.9. The Kier molecular flexibility index (Phi) is 11.6. The molecule has 2 N–H and O–H groups in total. The van der Waals surface area contributed by atoms with Crippen molar-refractivity contribution < 1.29 is 26.6 Å². The molecule has 1 aliphatic rings. The Labute approximate surface area is 164 Å². The van der Waals surface area contributed by atoms with E-state index in [9.17, 15) is 0 Å². The minimum atomic E-state index is -3.83. The zero-order valence-corrected chi connectivity index (χ0v) is 19.3. The van der Waals surface area contributed by atoms with E-state index in [-0.39, 0.29) is 5.41 Å². The van der Waals surface area contributed by atoms with Gasteiger partial charge in [0.2, 0.25) is 0 Å². The van der Waals surface area contributed by atoms with E-state index in [1.165, 1.54) is 11.6 Å². The van der Waals surface area contributed by atoms with E-state index >= 15 is 0 Å². The van der Waals surface area contributed by atoms with Gasteiger partial charge in [0.05, 0.1) is 0 Å². The zero-order chi connectivity index (χ0) is 20.4. The lowest BCUT2D eigenvalue weighted by Crippen LogP contribution is -2.52. The van der Waals surface area contributed by atoms with Crippen molar-refractivity contribution in [2.45, 2.75) is 54.4 Å². The van der Waals surface area contributed by atoms with E-state index in [0.717, 1.165) is 6.42 Å². The Balaban J connectivity index is 0.00000110. The van der Waals surface area contributed by atoms with Gasteiger partial charge in [-0.1, -0.05) is 45.4 Å². The molecule has 0 heterocycles. The van der Waals surface area contributed by atoms with Gasteiger partial charge in [-0.2, -0.15) is 4.21 Å². The van der Waals surface area contributed by atoms with Crippen LogP contribution in [0.1, 0.15) is 54.4 Å². The summed E-state index contributed by atoms with van der Waals surface area (Å²) in [5, 5.41) is 1.23. The molecule has 0 spiro atoms. The van der Waals surface area contributed by atoms with Gasteiger partial charge in [-0.3, -0.25) is 9.11 Å². The normalized spacial score (nSPS) is 23.2. The van der Waals surface area contributed by atoms with Crippen LogP contribution in [0.25, 0.3) is 0 Å². The maximum Gasteiger partial charge on any atom is 0.533 e. The summed E-state index contributed by atoms with van der Waals surface area (Å²) < 4.78 is 42.2. The first-order valence-corrected chi connectivity index (χ1v) is 13.1. The number of hydrogen-bond acceptors (Lipinski definition) is 5. The minimum Gasteiger partial charge on any atom is -0.370 e. The molecule has 0 radical (unpaired) electrons. The van der Waals surface area contributed by atoms with Crippen molar-refractivity contribution in [1.29, 1.82) is 0 Å². The predicted molar refractivity (Wildman–Crippen MR) is 111 cm³/mol. The van der Waals surface area contributed by atoms with E-state index in [1.54, 1.807) is 0 Å². The molecule has 0 aromatic rings. The van der Waals surface area contributed by atoms with Crippen molar-refractivity contribution in [3.05, 3.63) is 23.4 Å². The van der Waals surface area contributed by atoms with Crippen molar-refractivity contribution in [3.8, 4) is 0 Å². The van der Waals surface area contributed by atoms with Crippen molar-refractivity contribution in [2.24, 2.45) is 11.3 Å². The summed E-state index contributed by atoms with van der Waals surface area (Å²) in [5.41, 5.74) is 0.155. The quantitative estimate of drug-likeness (QED) is 0.535. The van der Waals surface area contributed by atoms with Crippen molar-refractivity contribution >= 4 is 29.0 Å². The van der Waals surface area contributed by atoms with Gasteiger partial charge in [-0.05, 0) is 38.5 Å². The standard InChI is InChI=1S/C17H32O3Si.H2O3S2/c1-7-13-17(6)14-11-12-16(15(17)5)21(18-8-2,19-9-3)20-10-4;1-5(2,3)4/h11-12,14-15H,7-10,13H2,1-6H3;(H2,1,2,3,4).